The number of nitrogens with zero attached hydrogens (tertiary/aromatic N) is 2. The van der Waals surface area contributed by atoms with E-state index in [1.807, 2.05) is 19.1 Å². The van der Waals surface area contributed by atoms with Gasteiger partial charge in [0.1, 0.15) is 0 Å². The molecule has 0 spiro atoms. The van der Waals surface area contributed by atoms with Gasteiger partial charge in [-0.25, -0.2) is 4.98 Å². The van der Waals surface area contributed by atoms with Crippen LogP contribution in [0.5, 0.6) is 0 Å². The zero-order valence-electron chi connectivity index (χ0n) is 31.5. The SMILES string of the molecule is C=Cc1c(C)c2cc3nc(c(CC(=O)OC)c4nc(cc5[nH]c(cc1[nH]2)c(C)c5CC)C(C)=C4C(=O)NCCCOC1CC(O)CC(CO)O1)CC3C. The van der Waals surface area contributed by atoms with Gasteiger partial charge in [-0.1, -0.05) is 26.5 Å². The number of nitrogens with one attached hydrogen (secondary N) is 3. The number of allylic oxidation sites excluding steroid dienone is 1. The number of carbonyl (C=O) groups is 2. The first kappa shape index (κ1) is 38.1. The summed E-state index contributed by atoms with van der Waals surface area (Å²) in [6.45, 7) is 14.8. The second-order valence-corrected chi connectivity index (χ2v) is 14.2. The van der Waals surface area contributed by atoms with E-state index in [1.54, 1.807) is 0 Å². The summed E-state index contributed by atoms with van der Waals surface area (Å²) < 4.78 is 16.7. The maximum absolute atomic E-state index is 14.2. The molecule has 6 heterocycles. The topological polar surface area (TPSA) is 172 Å². The summed E-state index contributed by atoms with van der Waals surface area (Å²) in [5.41, 5.74) is 12.2. The monoisotopic (exact) mass is 725 g/mol. The lowest BCUT2D eigenvalue weighted by atomic mass is 9.96. The third-order valence-electron chi connectivity index (χ3n) is 10.6. The third-order valence-corrected chi connectivity index (χ3v) is 10.6. The van der Waals surface area contributed by atoms with Crippen LogP contribution in [0.25, 0.3) is 39.3 Å². The highest BCUT2D eigenvalue weighted by Crippen LogP contribution is 2.36. The van der Waals surface area contributed by atoms with Crippen molar-refractivity contribution in [1.29, 1.82) is 0 Å². The average molecular weight is 726 g/mol. The molecule has 5 N–H and O–H groups in total. The van der Waals surface area contributed by atoms with Crippen molar-refractivity contribution >= 4 is 51.2 Å². The molecule has 4 unspecified atom stereocenters. The first-order chi connectivity index (χ1) is 25.5. The molecule has 3 aromatic heterocycles. The molecule has 0 aliphatic carbocycles. The molecule has 12 nitrogen and oxygen atoms in total. The summed E-state index contributed by atoms with van der Waals surface area (Å²) in [5, 5.41) is 22.6. The van der Waals surface area contributed by atoms with Crippen LogP contribution in [-0.4, -0.2) is 87.4 Å². The minimum absolute atomic E-state index is 0.0387. The molecule has 6 rings (SSSR count). The number of ether oxygens (including phenoxy) is 3. The zero-order valence-corrected chi connectivity index (χ0v) is 31.5. The molecular weight excluding hydrogens is 674 g/mol. The highest BCUT2D eigenvalue weighted by Gasteiger charge is 2.31. The van der Waals surface area contributed by atoms with Crippen LogP contribution < -0.4 is 5.32 Å². The number of H-pyrrole nitrogens is 2. The maximum Gasteiger partial charge on any atom is 0.310 e. The van der Waals surface area contributed by atoms with Crippen molar-refractivity contribution in [3.63, 3.8) is 0 Å². The van der Waals surface area contributed by atoms with Crippen LogP contribution in [0.3, 0.4) is 0 Å². The Balaban J connectivity index is 1.46. The predicted molar refractivity (Wildman–Crippen MR) is 205 cm³/mol. The number of esters is 1. The molecule has 12 heteroatoms. The summed E-state index contributed by atoms with van der Waals surface area (Å²) in [4.78, 5) is 44.6. The molecular formula is C41H51N5O7. The molecule has 0 aromatic carbocycles. The number of aliphatic hydroxyl groups is 2. The number of aromatic amines is 2. The molecule has 53 heavy (non-hydrogen) atoms. The normalized spacial score (nSPS) is 20.1. The van der Waals surface area contributed by atoms with E-state index in [-0.39, 0.29) is 31.5 Å². The Bertz CT molecular complexity index is 2110. The highest BCUT2D eigenvalue weighted by atomic mass is 16.7. The van der Waals surface area contributed by atoms with Crippen LogP contribution in [0.1, 0.15) is 96.5 Å². The Morgan fingerprint density at radius 2 is 1.81 bits per heavy atom. The molecule has 8 bridgehead atoms. The minimum Gasteiger partial charge on any atom is -0.469 e. The molecule has 3 aromatic rings. The van der Waals surface area contributed by atoms with E-state index in [4.69, 9.17) is 24.2 Å². The van der Waals surface area contributed by atoms with E-state index in [1.165, 1.54) is 7.11 Å². The molecule has 282 valence electrons. The number of aromatic nitrogens is 4. The molecule has 1 saturated heterocycles. The summed E-state index contributed by atoms with van der Waals surface area (Å²) in [7, 11) is 1.35. The van der Waals surface area contributed by atoms with E-state index in [0.717, 1.165) is 56.4 Å². The van der Waals surface area contributed by atoms with Crippen molar-refractivity contribution in [3.8, 4) is 0 Å². The van der Waals surface area contributed by atoms with Crippen LogP contribution in [0.4, 0.5) is 0 Å². The molecule has 0 radical (unpaired) electrons. The predicted octanol–water partition coefficient (Wildman–Crippen LogP) is 5.51. The van der Waals surface area contributed by atoms with Crippen molar-refractivity contribution in [2.45, 2.75) is 97.6 Å². The number of hydrogen-bond acceptors (Lipinski definition) is 9. The second-order valence-electron chi connectivity index (χ2n) is 14.2. The van der Waals surface area contributed by atoms with Crippen LogP contribution in [0.2, 0.25) is 0 Å². The quantitative estimate of drug-likeness (QED) is 0.126. The first-order valence-electron chi connectivity index (χ1n) is 18.5. The molecule has 1 fully saturated rings. The summed E-state index contributed by atoms with van der Waals surface area (Å²) in [6.07, 6.45) is 2.58. The number of methoxy groups -OCH3 is 1. The van der Waals surface area contributed by atoms with Crippen molar-refractivity contribution in [3.05, 3.63) is 75.4 Å². The average Bonchev–Trinajstić information content (AvgIpc) is 3.84. The van der Waals surface area contributed by atoms with Crippen molar-refractivity contribution in [2.24, 2.45) is 0 Å². The number of aliphatic hydroxyl groups excluding tert-OH is 2. The fourth-order valence-corrected chi connectivity index (χ4v) is 7.57. The van der Waals surface area contributed by atoms with Gasteiger partial charge in [0, 0.05) is 69.9 Å². The number of amides is 1. The third kappa shape index (κ3) is 7.87. The number of rotatable bonds is 11. The fourth-order valence-electron chi connectivity index (χ4n) is 7.57. The molecule has 3 aliphatic rings. The fraction of sp³-hybridized carbons (Fsp3) is 0.463. The van der Waals surface area contributed by atoms with Crippen LogP contribution >= 0.6 is 0 Å². The van der Waals surface area contributed by atoms with Crippen molar-refractivity contribution in [1.82, 2.24) is 25.3 Å². The van der Waals surface area contributed by atoms with Crippen LogP contribution in [0, 0.1) is 13.8 Å². The van der Waals surface area contributed by atoms with Gasteiger partial charge in [0.2, 0.25) is 0 Å². The minimum atomic E-state index is -0.624. The van der Waals surface area contributed by atoms with E-state index >= 15 is 0 Å². The second kappa shape index (κ2) is 16.2. The standard InChI is InChI=1S/C41H51N5O7/c1-8-27-22(4)31-17-30-21(3)13-34(43-30)29(16-37(49)51-7)40-39(41(50)42-11-10-12-52-38-15-25(48)14-26(20-47)53-38)24(6)33(46-40)19-36-28(9-2)23(5)32(45-36)18-35(27)44-31/h8,17-19,21,25-26,38,44-45,47-48H,1,9-16,20H2,2-7H3,(H,42,50). The van der Waals surface area contributed by atoms with E-state index in [9.17, 15) is 19.8 Å². The van der Waals surface area contributed by atoms with Gasteiger partial charge in [-0.05, 0) is 80.5 Å². The lowest BCUT2D eigenvalue weighted by molar-refractivity contribution is -0.221. The first-order valence-corrected chi connectivity index (χ1v) is 18.5. The number of carbonyl (C=O) groups excluding carboxylic acids is 2. The van der Waals surface area contributed by atoms with E-state index < -0.39 is 24.5 Å². The van der Waals surface area contributed by atoms with E-state index in [2.05, 4.69) is 61.7 Å². The number of aryl methyl sites for hydroxylation is 3. The van der Waals surface area contributed by atoms with Gasteiger partial charge in [0.05, 0.1) is 55.9 Å². The van der Waals surface area contributed by atoms with Crippen molar-refractivity contribution in [2.75, 3.05) is 26.9 Å². The maximum atomic E-state index is 14.2. The van der Waals surface area contributed by atoms with Gasteiger partial charge in [0.25, 0.3) is 5.91 Å². The van der Waals surface area contributed by atoms with Crippen LogP contribution in [0.15, 0.2) is 24.8 Å². The molecule has 3 aliphatic heterocycles. The summed E-state index contributed by atoms with van der Waals surface area (Å²) in [5.74, 6) is -0.739. The van der Waals surface area contributed by atoms with Gasteiger partial charge < -0.3 is 39.7 Å². The highest BCUT2D eigenvalue weighted by molar-refractivity contribution is 6.27. The Hall–Kier alpha value is -4.62. The number of fused-ring (bicyclic) bond motifs is 8. The Labute approximate surface area is 309 Å². The molecule has 1 amide bonds. The van der Waals surface area contributed by atoms with Gasteiger partial charge in [-0.3, -0.25) is 14.6 Å². The van der Waals surface area contributed by atoms with Gasteiger partial charge >= 0.3 is 5.97 Å². The Kier molecular flexibility index (Phi) is 11.6. The smallest absolute Gasteiger partial charge is 0.310 e. The largest absolute Gasteiger partial charge is 0.469 e. The Morgan fingerprint density at radius 1 is 1.06 bits per heavy atom. The molecule has 4 atom stereocenters. The lowest BCUT2D eigenvalue weighted by Gasteiger charge is -2.32. The van der Waals surface area contributed by atoms with Gasteiger partial charge in [0.15, 0.2) is 6.29 Å². The Morgan fingerprint density at radius 3 is 2.53 bits per heavy atom. The lowest BCUT2D eigenvalue weighted by Crippen LogP contribution is -2.39. The van der Waals surface area contributed by atoms with Crippen molar-refractivity contribution < 1.29 is 34.0 Å². The zero-order chi connectivity index (χ0) is 38.0. The summed E-state index contributed by atoms with van der Waals surface area (Å²) in [6, 6.07) is 6.16. The van der Waals surface area contributed by atoms with E-state index in [0.29, 0.717) is 66.0 Å². The van der Waals surface area contributed by atoms with Crippen LogP contribution in [-0.2, 0) is 43.1 Å². The molecule has 0 saturated carbocycles. The van der Waals surface area contributed by atoms with Gasteiger partial charge in [-0.2, -0.15) is 0 Å². The number of hydrogen-bond donors (Lipinski definition) is 5. The summed E-state index contributed by atoms with van der Waals surface area (Å²) >= 11 is 0. The van der Waals surface area contributed by atoms with Gasteiger partial charge in [-0.15, -0.1) is 0 Å².